The summed E-state index contributed by atoms with van der Waals surface area (Å²) in [7, 11) is -2.33. The Morgan fingerprint density at radius 1 is 1.42 bits per heavy atom. The predicted molar refractivity (Wildman–Crippen MR) is 74.7 cm³/mol. The van der Waals surface area contributed by atoms with Crippen molar-refractivity contribution in [1.82, 2.24) is 0 Å². The molecule has 6 heteroatoms. The Balaban J connectivity index is 2.34. The molecule has 5 nitrogen and oxygen atoms in total. The maximum absolute atomic E-state index is 10.9. The molecule has 0 fully saturated rings. The summed E-state index contributed by atoms with van der Waals surface area (Å²) in [4.78, 5) is 1.98. The molecular formula is C13H19NO4S. The van der Waals surface area contributed by atoms with Crippen LogP contribution in [-0.4, -0.2) is 38.9 Å². The zero-order chi connectivity index (χ0) is 14.0. The number of benzene rings is 1. The van der Waals surface area contributed by atoms with Gasteiger partial charge in [0.1, 0.15) is 5.75 Å². The Hall–Kier alpha value is -1.27. The number of aryl methyl sites for hydroxylation is 1. The number of nitrogens with zero attached hydrogens (tertiary/aromatic N) is 1. The molecule has 1 aromatic rings. The van der Waals surface area contributed by atoms with E-state index in [1.807, 2.05) is 24.0 Å². The second kappa shape index (κ2) is 5.38. The fourth-order valence-electron chi connectivity index (χ4n) is 2.55. The summed E-state index contributed by atoms with van der Waals surface area (Å²) in [6.45, 7) is 3.11. The van der Waals surface area contributed by atoms with Gasteiger partial charge in [0.05, 0.1) is 18.6 Å². The van der Waals surface area contributed by atoms with E-state index in [1.54, 1.807) is 7.11 Å². The molecule has 106 valence electrons. The van der Waals surface area contributed by atoms with Crippen molar-refractivity contribution in [3.8, 4) is 5.75 Å². The van der Waals surface area contributed by atoms with E-state index in [9.17, 15) is 8.42 Å². The molecule has 0 amide bonds. The van der Waals surface area contributed by atoms with Gasteiger partial charge in [0.15, 0.2) is 0 Å². The van der Waals surface area contributed by atoms with Crippen LogP contribution in [-0.2, 0) is 16.5 Å². The lowest BCUT2D eigenvalue weighted by Crippen LogP contribution is -2.34. The lowest BCUT2D eigenvalue weighted by molar-refractivity contribution is 0.412. The lowest BCUT2D eigenvalue weighted by atomic mass is 9.96. The Bertz CT molecular complexity index is 568. The molecule has 0 unspecified atom stereocenters. The first kappa shape index (κ1) is 14.1. The Morgan fingerprint density at radius 3 is 2.79 bits per heavy atom. The summed E-state index contributed by atoms with van der Waals surface area (Å²) in [5.41, 5.74) is 3.37. The number of ether oxygens (including phenoxy) is 1. The lowest BCUT2D eigenvalue weighted by Gasteiger charge is -2.33. The minimum Gasteiger partial charge on any atom is -0.495 e. The minimum absolute atomic E-state index is 0.260. The van der Waals surface area contributed by atoms with E-state index in [0.717, 1.165) is 30.8 Å². The number of rotatable bonds is 4. The van der Waals surface area contributed by atoms with E-state index < -0.39 is 10.1 Å². The minimum atomic E-state index is -3.94. The Morgan fingerprint density at radius 2 is 2.16 bits per heavy atom. The molecule has 1 aliphatic rings. The van der Waals surface area contributed by atoms with Crippen molar-refractivity contribution in [2.75, 3.05) is 30.9 Å². The van der Waals surface area contributed by atoms with Crippen LogP contribution in [0, 0.1) is 6.92 Å². The molecule has 1 aromatic carbocycles. The molecule has 0 radical (unpaired) electrons. The summed E-state index contributed by atoms with van der Waals surface area (Å²) in [5.74, 6) is 0.499. The van der Waals surface area contributed by atoms with E-state index in [1.165, 1.54) is 11.1 Å². The van der Waals surface area contributed by atoms with Gasteiger partial charge in [-0.25, -0.2) is 0 Å². The van der Waals surface area contributed by atoms with Crippen molar-refractivity contribution >= 4 is 15.8 Å². The van der Waals surface area contributed by atoms with Gasteiger partial charge in [-0.15, -0.1) is 0 Å². The zero-order valence-electron chi connectivity index (χ0n) is 11.2. The van der Waals surface area contributed by atoms with Crippen molar-refractivity contribution in [3.05, 3.63) is 23.3 Å². The monoisotopic (exact) mass is 285 g/mol. The van der Waals surface area contributed by atoms with Crippen LogP contribution in [0.25, 0.3) is 0 Å². The van der Waals surface area contributed by atoms with Gasteiger partial charge in [0.25, 0.3) is 10.1 Å². The van der Waals surface area contributed by atoms with Crippen molar-refractivity contribution in [1.29, 1.82) is 0 Å². The molecule has 0 atom stereocenters. The highest BCUT2D eigenvalue weighted by Gasteiger charge is 2.23. The van der Waals surface area contributed by atoms with Gasteiger partial charge in [-0.2, -0.15) is 8.42 Å². The van der Waals surface area contributed by atoms with Crippen molar-refractivity contribution < 1.29 is 17.7 Å². The average Bonchev–Trinajstić information content (AvgIpc) is 2.36. The smallest absolute Gasteiger partial charge is 0.266 e. The number of hydrogen-bond acceptors (Lipinski definition) is 4. The third-order valence-corrected chi connectivity index (χ3v) is 4.19. The molecule has 0 aliphatic carbocycles. The van der Waals surface area contributed by atoms with E-state index in [4.69, 9.17) is 9.29 Å². The Labute approximate surface area is 113 Å². The summed E-state index contributed by atoms with van der Waals surface area (Å²) in [6.07, 6.45) is 1.95. The van der Waals surface area contributed by atoms with Crippen LogP contribution >= 0.6 is 0 Å². The molecule has 0 aromatic heterocycles. The second-order valence-corrected chi connectivity index (χ2v) is 6.36. The molecule has 0 saturated carbocycles. The number of methoxy groups -OCH3 is 1. The average molecular weight is 285 g/mol. The quantitative estimate of drug-likeness (QED) is 0.852. The molecular weight excluding hydrogens is 266 g/mol. The third kappa shape index (κ3) is 3.19. The van der Waals surface area contributed by atoms with Gasteiger partial charge >= 0.3 is 0 Å². The molecule has 1 N–H and O–H groups in total. The van der Waals surface area contributed by atoms with E-state index >= 15 is 0 Å². The summed E-state index contributed by atoms with van der Waals surface area (Å²) >= 11 is 0. The van der Waals surface area contributed by atoms with Gasteiger partial charge in [0.2, 0.25) is 0 Å². The fraction of sp³-hybridized carbons (Fsp3) is 0.538. The van der Waals surface area contributed by atoms with Gasteiger partial charge in [0, 0.05) is 13.1 Å². The molecule has 19 heavy (non-hydrogen) atoms. The molecule has 1 aliphatic heterocycles. The van der Waals surface area contributed by atoms with Gasteiger partial charge in [-0.05, 0) is 37.0 Å². The normalized spacial score (nSPS) is 15.2. The van der Waals surface area contributed by atoms with Crippen LogP contribution in [0.3, 0.4) is 0 Å². The fourth-order valence-corrected chi connectivity index (χ4v) is 3.00. The first-order chi connectivity index (χ1) is 8.92. The molecule has 2 rings (SSSR count). The molecule has 1 heterocycles. The zero-order valence-corrected chi connectivity index (χ0v) is 12.0. The highest BCUT2D eigenvalue weighted by molar-refractivity contribution is 7.85. The molecule has 0 bridgehead atoms. The SMILES string of the molecule is COc1ccc(C)c2c1N(CCS(=O)(=O)O)CCC2. The van der Waals surface area contributed by atoms with Gasteiger partial charge < -0.3 is 9.64 Å². The Kier molecular flexibility index (Phi) is 4.01. The predicted octanol–water partition coefficient (Wildman–Crippen LogP) is 1.64. The molecule has 0 saturated heterocycles. The van der Waals surface area contributed by atoms with E-state index in [2.05, 4.69) is 0 Å². The number of fused-ring (bicyclic) bond motifs is 1. The standard InChI is InChI=1S/C13H19NO4S/c1-10-5-6-12(18-2)13-11(10)4-3-7-14(13)8-9-19(15,16)17/h5-6H,3-4,7-9H2,1-2H3,(H,15,16,17). The summed E-state index contributed by atoms with van der Waals surface area (Å²) in [6, 6.07) is 3.92. The van der Waals surface area contributed by atoms with Crippen LogP contribution in [0.1, 0.15) is 17.5 Å². The van der Waals surface area contributed by atoms with Gasteiger partial charge in [-0.3, -0.25) is 4.55 Å². The maximum Gasteiger partial charge on any atom is 0.266 e. The summed E-state index contributed by atoms with van der Waals surface area (Å²) in [5, 5.41) is 0. The van der Waals surface area contributed by atoms with Crippen LogP contribution in [0.15, 0.2) is 12.1 Å². The first-order valence-corrected chi connectivity index (χ1v) is 7.90. The van der Waals surface area contributed by atoms with Crippen LogP contribution in [0.4, 0.5) is 5.69 Å². The second-order valence-electron chi connectivity index (χ2n) is 4.79. The number of anilines is 1. The van der Waals surface area contributed by atoms with Gasteiger partial charge in [-0.1, -0.05) is 6.07 Å². The number of hydrogen-bond donors (Lipinski definition) is 1. The van der Waals surface area contributed by atoms with Crippen LogP contribution in [0.5, 0.6) is 5.75 Å². The van der Waals surface area contributed by atoms with E-state index in [-0.39, 0.29) is 12.3 Å². The maximum atomic E-state index is 10.9. The van der Waals surface area contributed by atoms with Crippen molar-refractivity contribution in [2.24, 2.45) is 0 Å². The largest absolute Gasteiger partial charge is 0.495 e. The van der Waals surface area contributed by atoms with E-state index in [0.29, 0.717) is 0 Å². The van der Waals surface area contributed by atoms with Crippen molar-refractivity contribution in [3.63, 3.8) is 0 Å². The van der Waals surface area contributed by atoms with Crippen molar-refractivity contribution in [2.45, 2.75) is 19.8 Å². The summed E-state index contributed by atoms with van der Waals surface area (Å²) < 4.78 is 36.1. The van der Waals surface area contributed by atoms with Crippen LogP contribution < -0.4 is 9.64 Å². The third-order valence-electron chi connectivity index (χ3n) is 3.49. The highest BCUT2D eigenvalue weighted by Crippen LogP contribution is 2.37. The highest BCUT2D eigenvalue weighted by atomic mass is 32.2. The molecule has 0 spiro atoms. The first-order valence-electron chi connectivity index (χ1n) is 6.29. The topological polar surface area (TPSA) is 66.8 Å². The van der Waals surface area contributed by atoms with Crippen LogP contribution in [0.2, 0.25) is 0 Å².